The van der Waals surface area contributed by atoms with Crippen LogP contribution in [0.2, 0.25) is 0 Å². The van der Waals surface area contributed by atoms with Crippen molar-refractivity contribution < 1.29 is 14.0 Å². The molecule has 0 aliphatic carbocycles. The number of pyridine rings is 1. The van der Waals surface area contributed by atoms with Crippen molar-refractivity contribution in [2.75, 3.05) is 26.1 Å². The molecule has 2 heterocycles. The number of hydrogen-bond donors (Lipinski definition) is 1. The number of hydrogen-bond acceptors (Lipinski definition) is 7. The molecule has 0 saturated heterocycles. The Labute approximate surface area is 139 Å². The van der Waals surface area contributed by atoms with Gasteiger partial charge in [0.25, 0.3) is 0 Å². The summed E-state index contributed by atoms with van der Waals surface area (Å²) in [6.07, 6.45) is 2.55. The topological polar surface area (TPSA) is 82.3 Å². The first-order valence-electron chi connectivity index (χ1n) is 7.50. The highest BCUT2D eigenvalue weighted by atomic mass is 16.5. The van der Waals surface area contributed by atoms with E-state index < -0.39 is 0 Å². The number of benzene rings is 1. The van der Waals surface area contributed by atoms with E-state index in [1.807, 2.05) is 24.3 Å². The zero-order chi connectivity index (χ0) is 16.8. The zero-order valence-electron chi connectivity index (χ0n) is 13.5. The third kappa shape index (κ3) is 3.62. The summed E-state index contributed by atoms with van der Waals surface area (Å²) in [7, 11) is 3.18. The van der Waals surface area contributed by atoms with Crippen molar-refractivity contribution in [2.24, 2.45) is 0 Å². The Morgan fingerprint density at radius 1 is 1.08 bits per heavy atom. The van der Waals surface area contributed by atoms with Gasteiger partial charge in [-0.25, -0.2) is 0 Å². The predicted molar refractivity (Wildman–Crippen MR) is 89.3 cm³/mol. The van der Waals surface area contributed by atoms with Gasteiger partial charge in [-0.1, -0.05) is 11.2 Å². The maximum Gasteiger partial charge on any atom is 0.321 e. The molecule has 124 valence electrons. The Morgan fingerprint density at radius 2 is 1.96 bits per heavy atom. The summed E-state index contributed by atoms with van der Waals surface area (Å²) in [5.74, 6) is 1.75. The van der Waals surface area contributed by atoms with E-state index in [0.717, 1.165) is 17.7 Å². The summed E-state index contributed by atoms with van der Waals surface area (Å²) >= 11 is 0. The van der Waals surface area contributed by atoms with Crippen molar-refractivity contribution >= 4 is 6.01 Å². The van der Waals surface area contributed by atoms with E-state index in [1.165, 1.54) is 0 Å². The molecular weight excluding hydrogens is 308 g/mol. The molecule has 0 unspecified atom stereocenters. The molecule has 24 heavy (non-hydrogen) atoms. The number of nitrogens with zero attached hydrogens (tertiary/aromatic N) is 3. The van der Waals surface area contributed by atoms with Crippen LogP contribution in [-0.2, 0) is 6.42 Å². The van der Waals surface area contributed by atoms with Crippen molar-refractivity contribution in [2.45, 2.75) is 6.42 Å². The van der Waals surface area contributed by atoms with Gasteiger partial charge in [-0.2, -0.15) is 4.98 Å². The van der Waals surface area contributed by atoms with Crippen LogP contribution in [0.3, 0.4) is 0 Å². The van der Waals surface area contributed by atoms with Crippen molar-refractivity contribution in [3.05, 3.63) is 48.3 Å². The van der Waals surface area contributed by atoms with Gasteiger partial charge in [0.15, 0.2) is 11.5 Å². The monoisotopic (exact) mass is 326 g/mol. The molecule has 0 aliphatic heterocycles. The van der Waals surface area contributed by atoms with Gasteiger partial charge in [0, 0.05) is 30.4 Å². The van der Waals surface area contributed by atoms with Crippen LogP contribution in [0.5, 0.6) is 11.5 Å². The molecular formula is C17H18N4O3. The van der Waals surface area contributed by atoms with Crippen LogP contribution < -0.4 is 14.8 Å². The lowest BCUT2D eigenvalue weighted by Gasteiger charge is -2.07. The van der Waals surface area contributed by atoms with E-state index in [4.69, 9.17) is 14.0 Å². The van der Waals surface area contributed by atoms with Gasteiger partial charge in [-0.05, 0) is 30.3 Å². The third-order valence-corrected chi connectivity index (χ3v) is 3.45. The lowest BCUT2D eigenvalue weighted by atomic mass is 10.2. The first-order valence-corrected chi connectivity index (χ1v) is 7.50. The molecule has 0 saturated carbocycles. The van der Waals surface area contributed by atoms with E-state index in [0.29, 0.717) is 29.9 Å². The molecule has 0 fully saturated rings. The fourth-order valence-electron chi connectivity index (χ4n) is 2.23. The van der Waals surface area contributed by atoms with E-state index in [-0.39, 0.29) is 0 Å². The first kappa shape index (κ1) is 15.8. The van der Waals surface area contributed by atoms with Crippen LogP contribution in [0.1, 0.15) is 5.69 Å². The average molecular weight is 326 g/mol. The van der Waals surface area contributed by atoms with E-state index in [9.17, 15) is 0 Å². The lowest BCUT2D eigenvalue weighted by Crippen LogP contribution is -2.05. The fourth-order valence-corrected chi connectivity index (χ4v) is 2.23. The summed E-state index contributed by atoms with van der Waals surface area (Å²) in [6.45, 7) is 0.657. The highest BCUT2D eigenvalue weighted by Crippen LogP contribution is 2.31. The highest BCUT2D eigenvalue weighted by molar-refractivity contribution is 5.61. The number of anilines is 1. The Balaban J connectivity index is 1.65. The van der Waals surface area contributed by atoms with E-state index >= 15 is 0 Å². The summed E-state index contributed by atoms with van der Waals surface area (Å²) in [5.41, 5.74) is 1.79. The molecule has 1 aromatic carbocycles. The van der Waals surface area contributed by atoms with Crippen molar-refractivity contribution in [1.82, 2.24) is 15.1 Å². The molecule has 7 nitrogen and oxygen atoms in total. The van der Waals surface area contributed by atoms with Crippen LogP contribution in [0.4, 0.5) is 6.01 Å². The van der Waals surface area contributed by atoms with Crippen LogP contribution in [-0.4, -0.2) is 35.9 Å². The van der Waals surface area contributed by atoms with Gasteiger partial charge in [-0.15, -0.1) is 0 Å². The molecule has 0 spiro atoms. The number of nitrogens with one attached hydrogen (secondary N) is 1. The number of rotatable bonds is 7. The second-order valence-corrected chi connectivity index (χ2v) is 4.99. The van der Waals surface area contributed by atoms with Crippen LogP contribution >= 0.6 is 0 Å². The van der Waals surface area contributed by atoms with Gasteiger partial charge >= 0.3 is 6.01 Å². The van der Waals surface area contributed by atoms with Crippen molar-refractivity contribution in [1.29, 1.82) is 0 Å². The number of aromatic nitrogens is 3. The Morgan fingerprint density at radius 3 is 2.71 bits per heavy atom. The largest absolute Gasteiger partial charge is 0.493 e. The number of methoxy groups -OCH3 is 2. The molecule has 3 rings (SSSR count). The Kier molecular flexibility index (Phi) is 4.90. The van der Waals surface area contributed by atoms with E-state index in [1.54, 1.807) is 32.5 Å². The fraction of sp³-hybridized carbons (Fsp3) is 0.235. The van der Waals surface area contributed by atoms with E-state index in [2.05, 4.69) is 20.4 Å². The lowest BCUT2D eigenvalue weighted by molar-refractivity contribution is 0.355. The quantitative estimate of drug-likeness (QED) is 0.715. The van der Waals surface area contributed by atoms with Gasteiger partial charge in [0.05, 0.1) is 14.2 Å². The molecule has 0 radical (unpaired) electrons. The Hall–Kier alpha value is -3.09. The van der Waals surface area contributed by atoms with Crippen molar-refractivity contribution in [3.63, 3.8) is 0 Å². The van der Waals surface area contributed by atoms with Crippen LogP contribution in [0.25, 0.3) is 11.4 Å². The van der Waals surface area contributed by atoms with Crippen LogP contribution in [0.15, 0.2) is 47.1 Å². The molecule has 2 aromatic heterocycles. The molecule has 7 heteroatoms. The second-order valence-electron chi connectivity index (χ2n) is 4.99. The smallest absolute Gasteiger partial charge is 0.321 e. The van der Waals surface area contributed by atoms with Crippen LogP contribution in [0, 0.1) is 0 Å². The standard InChI is InChI=1S/C17H18N4O3/c1-22-14-7-6-12(11-15(14)23-2)16-20-17(24-21-16)19-10-8-13-5-3-4-9-18-13/h3-7,9,11H,8,10H2,1-2H3,(H,19,20,21). The SMILES string of the molecule is COc1ccc(-c2noc(NCCc3ccccn3)n2)cc1OC. The Bertz CT molecular complexity index is 790. The van der Waals surface area contributed by atoms with Gasteiger partial charge in [-0.3, -0.25) is 4.98 Å². The normalized spacial score (nSPS) is 10.4. The number of ether oxygens (including phenoxy) is 2. The molecule has 0 aliphatic rings. The van der Waals surface area contributed by atoms with Gasteiger partial charge in [0.1, 0.15) is 0 Å². The minimum atomic E-state index is 0.371. The molecule has 0 bridgehead atoms. The maximum absolute atomic E-state index is 5.29. The average Bonchev–Trinajstić information content (AvgIpc) is 3.11. The van der Waals surface area contributed by atoms with Gasteiger partial charge < -0.3 is 19.3 Å². The highest BCUT2D eigenvalue weighted by Gasteiger charge is 2.11. The molecule has 0 atom stereocenters. The molecule has 0 amide bonds. The maximum atomic E-state index is 5.29. The molecule has 1 N–H and O–H groups in total. The summed E-state index contributed by atoms with van der Waals surface area (Å²) in [6, 6.07) is 11.7. The summed E-state index contributed by atoms with van der Waals surface area (Å²) < 4.78 is 15.7. The second kappa shape index (κ2) is 7.45. The minimum absolute atomic E-state index is 0.371. The summed E-state index contributed by atoms with van der Waals surface area (Å²) in [4.78, 5) is 8.60. The molecule has 3 aromatic rings. The minimum Gasteiger partial charge on any atom is -0.493 e. The summed E-state index contributed by atoms with van der Waals surface area (Å²) in [5, 5.41) is 7.08. The predicted octanol–water partition coefficient (Wildman–Crippen LogP) is 2.80. The third-order valence-electron chi connectivity index (χ3n) is 3.45. The first-order chi connectivity index (χ1) is 11.8. The van der Waals surface area contributed by atoms with Gasteiger partial charge in [0.2, 0.25) is 5.82 Å². The van der Waals surface area contributed by atoms with Crippen molar-refractivity contribution in [3.8, 4) is 22.9 Å². The zero-order valence-corrected chi connectivity index (χ0v) is 13.5.